The standard InChI is InChI=1S/C14H21NO2/c1-10-9-11(7-8-14(10)17-2)15-12-5-3-4-6-13(12)16/h7-9,12-13,15-16H,3-6H2,1-2H3. The molecule has 1 aliphatic rings. The third-order valence-corrected chi connectivity index (χ3v) is 3.48. The molecule has 1 fully saturated rings. The van der Waals surface area contributed by atoms with Crippen molar-refractivity contribution in [3.8, 4) is 5.75 Å². The lowest BCUT2D eigenvalue weighted by molar-refractivity contribution is 0.116. The smallest absolute Gasteiger partial charge is 0.121 e. The average Bonchev–Trinajstić information content (AvgIpc) is 2.32. The van der Waals surface area contributed by atoms with Crippen molar-refractivity contribution in [3.63, 3.8) is 0 Å². The molecule has 1 saturated carbocycles. The zero-order valence-corrected chi connectivity index (χ0v) is 10.6. The van der Waals surface area contributed by atoms with E-state index in [1.54, 1.807) is 7.11 Å². The fraction of sp³-hybridized carbons (Fsp3) is 0.571. The number of benzene rings is 1. The van der Waals surface area contributed by atoms with E-state index in [-0.39, 0.29) is 12.1 Å². The number of aliphatic hydroxyl groups is 1. The maximum absolute atomic E-state index is 9.91. The maximum atomic E-state index is 9.91. The van der Waals surface area contributed by atoms with Gasteiger partial charge < -0.3 is 15.2 Å². The number of rotatable bonds is 3. The molecular formula is C14H21NO2. The van der Waals surface area contributed by atoms with Crippen LogP contribution in [0.3, 0.4) is 0 Å². The lowest BCUT2D eigenvalue weighted by atomic mass is 9.92. The van der Waals surface area contributed by atoms with Gasteiger partial charge in [0.25, 0.3) is 0 Å². The summed E-state index contributed by atoms with van der Waals surface area (Å²) >= 11 is 0. The van der Waals surface area contributed by atoms with Crippen molar-refractivity contribution < 1.29 is 9.84 Å². The third-order valence-electron chi connectivity index (χ3n) is 3.48. The van der Waals surface area contributed by atoms with Crippen LogP contribution in [0.5, 0.6) is 5.75 Å². The Morgan fingerprint density at radius 1 is 1.29 bits per heavy atom. The first-order chi connectivity index (χ1) is 8.20. The molecule has 0 aromatic heterocycles. The largest absolute Gasteiger partial charge is 0.496 e. The Hall–Kier alpha value is -1.22. The molecule has 2 N–H and O–H groups in total. The quantitative estimate of drug-likeness (QED) is 0.846. The highest BCUT2D eigenvalue weighted by Gasteiger charge is 2.22. The zero-order chi connectivity index (χ0) is 12.3. The molecule has 2 unspecified atom stereocenters. The van der Waals surface area contributed by atoms with Gasteiger partial charge in [0.2, 0.25) is 0 Å². The number of aryl methyl sites for hydroxylation is 1. The minimum Gasteiger partial charge on any atom is -0.496 e. The number of aliphatic hydroxyl groups excluding tert-OH is 1. The fourth-order valence-corrected chi connectivity index (χ4v) is 2.46. The lowest BCUT2D eigenvalue weighted by Gasteiger charge is -2.29. The van der Waals surface area contributed by atoms with Gasteiger partial charge in [0.15, 0.2) is 0 Å². The summed E-state index contributed by atoms with van der Waals surface area (Å²) in [5, 5.41) is 13.3. The van der Waals surface area contributed by atoms with Crippen molar-refractivity contribution in [1.29, 1.82) is 0 Å². The summed E-state index contributed by atoms with van der Waals surface area (Å²) in [6, 6.07) is 6.23. The van der Waals surface area contributed by atoms with Gasteiger partial charge in [-0.1, -0.05) is 12.8 Å². The molecular weight excluding hydrogens is 214 g/mol. The molecule has 0 bridgehead atoms. The number of anilines is 1. The molecule has 2 rings (SSSR count). The van der Waals surface area contributed by atoms with E-state index in [0.717, 1.165) is 36.3 Å². The Bertz CT molecular complexity index is 378. The first kappa shape index (κ1) is 12.2. The van der Waals surface area contributed by atoms with Gasteiger partial charge in [-0.2, -0.15) is 0 Å². The molecule has 17 heavy (non-hydrogen) atoms. The molecule has 1 aromatic rings. The maximum Gasteiger partial charge on any atom is 0.121 e. The van der Waals surface area contributed by atoms with E-state index < -0.39 is 0 Å². The van der Waals surface area contributed by atoms with E-state index in [9.17, 15) is 5.11 Å². The summed E-state index contributed by atoms with van der Waals surface area (Å²) in [7, 11) is 1.68. The Kier molecular flexibility index (Phi) is 3.89. The molecule has 0 aliphatic heterocycles. The van der Waals surface area contributed by atoms with Gasteiger partial charge >= 0.3 is 0 Å². The highest BCUT2D eigenvalue weighted by molar-refractivity contribution is 5.51. The molecule has 3 nitrogen and oxygen atoms in total. The summed E-state index contributed by atoms with van der Waals surface area (Å²) in [5.41, 5.74) is 2.18. The molecule has 0 amide bonds. The number of methoxy groups -OCH3 is 1. The summed E-state index contributed by atoms with van der Waals surface area (Å²) in [4.78, 5) is 0. The number of hydrogen-bond donors (Lipinski definition) is 2. The Morgan fingerprint density at radius 3 is 2.71 bits per heavy atom. The van der Waals surface area contributed by atoms with Crippen molar-refractivity contribution in [1.82, 2.24) is 0 Å². The van der Waals surface area contributed by atoms with Crippen LogP contribution in [0.4, 0.5) is 5.69 Å². The van der Waals surface area contributed by atoms with Crippen LogP contribution in [0.2, 0.25) is 0 Å². The lowest BCUT2D eigenvalue weighted by Crippen LogP contribution is -2.36. The van der Waals surface area contributed by atoms with E-state index in [1.165, 1.54) is 6.42 Å². The molecule has 0 heterocycles. The van der Waals surface area contributed by atoms with Crippen LogP contribution in [0.15, 0.2) is 18.2 Å². The minimum atomic E-state index is -0.217. The molecule has 3 heteroatoms. The van der Waals surface area contributed by atoms with E-state index in [4.69, 9.17) is 4.74 Å². The molecule has 0 radical (unpaired) electrons. The number of hydrogen-bond acceptors (Lipinski definition) is 3. The summed E-state index contributed by atoms with van der Waals surface area (Å²) in [6.07, 6.45) is 4.08. The van der Waals surface area contributed by atoms with Crippen molar-refractivity contribution in [2.75, 3.05) is 12.4 Å². The minimum absolute atomic E-state index is 0.191. The van der Waals surface area contributed by atoms with Gasteiger partial charge in [0.1, 0.15) is 5.75 Å². The van der Waals surface area contributed by atoms with E-state index in [1.807, 2.05) is 19.1 Å². The monoisotopic (exact) mass is 235 g/mol. The van der Waals surface area contributed by atoms with Gasteiger partial charge in [-0.3, -0.25) is 0 Å². The van der Waals surface area contributed by atoms with Gasteiger partial charge in [0, 0.05) is 5.69 Å². The van der Waals surface area contributed by atoms with Crippen molar-refractivity contribution >= 4 is 5.69 Å². The first-order valence-electron chi connectivity index (χ1n) is 6.30. The molecule has 94 valence electrons. The number of ether oxygens (including phenoxy) is 1. The Balaban J connectivity index is 2.05. The van der Waals surface area contributed by atoms with Crippen LogP contribution in [0.25, 0.3) is 0 Å². The third kappa shape index (κ3) is 2.91. The van der Waals surface area contributed by atoms with Gasteiger partial charge in [0.05, 0.1) is 19.3 Å². The van der Waals surface area contributed by atoms with Crippen molar-refractivity contribution in [3.05, 3.63) is 23.8 Å². The van der Waals surface area contributed by atoms with Gasteiger partial charge in [-0.15, -0.1) is 0 Å². The topological polar surface area (TPSA) is 41.5 Å². The van der Waals surface area contributed by atoms with Crippen molar-refractivity contribution in [2.24, 2.45) is 0 Å². The van der Waals surface area contributed by atoms with E-state index in [2.05, 4.69) is 11.4 Å². The van der Waals surface area contributed by atoms with Crippen LogP contribution in [0.1, 0.15) is 31.2 Å². The predicted molar refractivity (Wildman–Crippen MR) is 69.6 cm³/mol. The molecule has 0 spiro atoms. The highest BCUT2D eigenvalue weighted by atomic mass is 16.5. The molecule has 1 aliphatic carbocycles. The van der Waals surface area contributed by atoms with E-state index in [0.29, 0.717) is 0 Å². The van der Waals surface area contributed by atoms with E-state index >= 15 is 0 Å². The van der Waals surface area contributed by atoms with Crippen LogP contribution in [-0.4, -0.2) is 24.4 Å². The summed E-state index contributed by atoms with van der Waals surface area (Å²) < 4.78 is 5.23. The molecule has 1 aromatic carbocycles. The molecule has 2 atom stereocenters. The summed E-state index contributed by atoms with van der Waals surface area (Å²) in [6.45, 7) is 2.03. The highest BCUT2D eigenvalue weighted by Crippen LogP contribution is 2.25. The fourth-order valence-electron chi connectivity index (χ4n) is 2.46. The second kappa shape index (κ2) is 5.41. The van der Waals surface area contributed by atoms with Crippen LogP contribution >= 0.6 is 0 Å². The Labute approximate surface area is 103 Å². The number of nitrogens with one attached hydrogen (secondary N) is 1. The SMILES string of the molecule is COc1ccc(NC2CCCCC2O)cc1C. The summed E-state index contributed by atoms with van der Waals surface area (Å²) in [5.74, 6) is 0.903. The van der Waals surface area contributed by atoms with Crippen molar-refractivity contribution in [2.45, 2.75) is 44.8 Å². The second-order valence-electron chi connectivity index (χ2n) is 4.79. The van der Waals surface area contributed by atoms with Crippen LogP contribution in [0, 0.1) is 6.92 Å². The van der Waals surface area contributed by atoms with Gasteiger partial charge in [-0.25, -0.2) is 0 Å². The first-order valence-corrected chi connectivity index (χ1v) is 6.30. The Morgan fingerprint density at radius 2 is 2.06 bits per heavy atom. The average molecular weight is 235 g/mol. The second-order valence-corrected chi connectivity index (χ2v) is 4.79. The van der Waals surface area contributed by atoms with Crippen LogP contribution < -0.4 is 10.1 Å². The van der Waals surface area contributed by atoms with Gasteiger partial charge in [-0.05, 0) is 43.5 Å². The normalized spacial score (nSPS) is 24.4. The zero-order valence-electron chi connectivity index (χ0n) is 10.6. The predicted octanol–water partition coefficient (Wildman–Crippen LogP) is 2.72. The molecule has 0 saturated heterocycles. The van der Waals surface area contributed by atoms with Crippen LogP contribution in [-0.2, 0) is 0 Å².